The summed E-state index contributed by atoms with van der Waals surface area (Å²) in [5.41, 5.74) is 0. The van der Waals surface area contributed by atoms with Crippen molar-refractivity contribution >= 4 is 0 Å². The average molecular weight is 187 g/mol. The maximum atomic E-state index is 8.69. The number of aliphatic hydroxyl groups is 1. The Morgan fingerprint density at radius 2 is 1.69 bits per heavy atom. The van der Waals surface area contributed by atoms with Gasteiger partial charge in [-0.05, 0) is 38.8 Å². The number of rotatable bonds is 8. The van der Waals surface area contributed by atoms with Gasteiger partial charge in [0.15, 0.2) is 0 Å². The maximum absolute atomic E-state index is 8.69. The van der Waals surface area contributed by atoms with Crippen LogP contribution in [-0.2, 0) is 0 Å². The zero-order chi connectivity index (χ0) is 10.1. The molecule has 0 aromatic rings. The van der Waals surface area contributed by atoms with Crippen LogP contribution >= 0.6 is 0 Å². The summed E-state index contributed by atoms with van der Waals surface area (Å²) < 4.78 is 0. The first-order chi connectivity index (χ1) is 6.29. The standard InChI is InChI=1S/C11H25NO/c1-4-11(5-2)12(6-3)9-7-8-10-13/h11,13H,4-10H2,1-3H3. The van der Waals surface area contributed by atoms with Crippen LogP contribution in [0.15, 0.2) is 0 Å². The van der Waals surface area contributed by atoms with Gasteiger partial charge in [-0.25, -0.2) is 0 Å². The molecule has 0 atom stereocenters. The van der Waals surface area contributed by atoms with E-state index >= 15 is 0 Å². The van der Waals surface area contributed by atoms with Crippen LogP contribution in [0.2, 0.25) is 0 Å². The van der Waals surface area contributed by atoms with Crippen LogP contribution in [0, 0.1) is 0 Å². The van der Waals surface area contributed by atoms with Gasteiger partial charge in [0.05, 0.1) is 0 Å². The highest BCUT2D eigenvalue weighted by molar-refractivity contribution is 4.67. The first kappa shape index (κ1) is 12.9. The second-order valence-electron chi connectivity index (χ2n) is 3.53. The molecule has 0 bridgehead atoms. The van der Waals surface area contributed by atoms with Crippen LogP contribution in [0.5, 0.6) is 0 Å². The normalized spacial score (nSPS) is 11.5. The van der Waals surface area contributed by atoms with Crippen LogP contribution in [0.3, 0.4) is 0 Å². The van der Waals surface area contributed by atoms with Crippen molar-refractivity contribution < 1.29 is 5.11 Å². The van der Waals surface area contributed by atoms with Crippen LogP contribution in [-0.4, -0.2) is 35.7 Å². The fraction of sp³-hybridized carbons (Fsp3) is 1.00. The van der Waals surface area contributed by atoms with Crippen LogP contribution < -0.4 is 0 Å². The molecule has 0 spiro atoms. The fourth-order valence-corrected chi connectivity index (χ4v) is 1.83. The Morgan fingerprint density at radius 3 is 2.08 bits per heavy atom. The highest BCUT2D eigenvalue weighted by Crippen LogP contribution is 2.09. The Bertz CT molecular complexity index is 102. The van der Waals surface area contributed by atoms with Gasteiger partial charge in [0.2, 0.25) is 0 Å². The van der Waals surface area contributed by atoms with E-state index in [4.69, 9.17) is 5.11 Å². The first-order valence-corrected chi connectivity index (χ1v) is 5.64. The second kappa shape index (κ2) is 8.52. The quantitative estimate of drug-likeness (QED) is 0.589. The molecule has 0 saturated carbocycles. The second-order valence-corrected chi connectivity index (χ2v) is 3.53. The van der Waals surface area contributed by atoms with Gasteiger partial charge in [-0.15, -0.1) is 0 Å². The topological polar surface area (TPSA) is 23.5 Å². The Labute approximate surface area is 82.9 Å². The van der Waals surface area contributed by atoms with Crippen molar-refractivity contribution in [2.75, 3.05) is 19.7 Å². The lowest BCUT2D eigenvalue weighted by molar-refractivity contribution is 0.184. The number of hydrogen-bond acceptors (Lipinski definition) is 2. The summed E-state index contributed by atoms with van der Waals surface area (Å²) in [7, 11) is 0. The van der Waals surface area contributed by atoms with E-state index in [2.05, 4.69) is 25.7 Å². The van der Waals surface area contributed by atoms with Gasteiger partial charge in [-0.1, -0.05) is 20.8 Å². The molecule has 0 unspecified atom stereocenters. The molecular formula is C11H25NO. The minimum atomic E-state index is 0.334. The molecule has 0 aliphatic carbocycles. The summed E-state index contributed by atoms with van der Waals surface area (Å²) in [6.07, 6.45) is 4.55. The highest BCUT2D eigenvalue weighted by Gasteiger charge is 2.11. The Morgan fingerprint density at radius 1 is 1.08 bits per heavy atom. The lowest BCUT2D eigenvalue weighted by Gasteiger charge is -2.29. The van der Waals surface area contributed by atoms with Crippen LogP contribution in [0.25, 0.3) is 0 Å². The van der Waals surface area contributed by atoms with E-state index in [9.17, 15) is 0 Å². The summed E-state index contributed by atoms with van der Waals surface area (Å²) in [5.74, 6) is 0. The SMILES string of the molecule is CCC(CC)N(CC)CCCCO. The minimum absolute atomic E-state index is 0.334. The molecule has 0 radical (unpaired) electrons. The molecule has 1 N–H and O–H groups in total. The third-order valence-corrected chi connectivity index (χ3v) is 2.72. The van der Waals surface area contributed by atoms with Crippen molar-refractivity contribution in [3.8, 4) is 0 Å². The van der Waals surface area contributed by atoms with Gasteiger partial charge >= 0.3 is 0 Å². The van der Waals surface area contributed by atoms with Crippen molar-refractivity contribution in [2.45, 2.75) is 52.5 Å². The fourth-order valence-electron chi connectivity index (χ4n) is 1.83. The molecule has 0 rings (SSSR count). The highest BCUT2D eigenvalue weighted by atomic mass is 16.2. The smallest absolute Gasteiger partial charge is 0.0431 e. The number of nitrogens with zero attached hydrogens (tertiary/aromatic N) is 1. The Balaban J connectivity index is 3.71. The van der Waals surface area contributed by atoms with Crippen molar-refractivity contribution in [1.82, 2.24) is 4.90 Å². The summed E-state index contributed by atoms with van der Waals surface area (Å²) in [6.45, 7) is 9.34. The van der Waals surface area contributed by atoms with E-state index in [-0.39, 0.29) is 0 Å². The Kier molecular flexibility index (Phi) is 8.46. The van der Waals surface area contributed by atoms with E-state index in [0.717, 1.165) is 32.0 Å². The zero-order valence-electron chi connectivity index (χ0n) is 9.42. The molecule has 0 amide bonds. The van der Waals surface area contributed by atoms with E-state index in [1.165, 1.54) is 12.8 Å². The summed E-state index contributed by atoms with van der Waals surface area (Å²) in [5, 5.41) is 8.69. The van der Waals surface area contributed by atoms with Crippen LogP contribution in [0.4, 0.5) is 0 Å². The van der Waals surface area contributed by atoms with Crippen molar-refractivity contribution in [1.29, 1.82) is 0 Å². The number of aliphatic hydroxyl groups excluding tert-OH is 1. The number of unbranched alkanes of at least 4 members (excludes halogenated alkanes) is 1. The molecule has 2 nitrogen and oxygen atoms in total. The lowest BCUT2D eigenvalue weighted by Crippen LogP contribution is -2.35. The third-order valence-electron chi connectivity index (χ3n) is 2.72. The molecule has 13 heavy (non-hydrogen) atoms. The van der Waals surface area contributed by atoms with E-state index in [0.29, 0.717) is 6.61 Å². The van der Waals surface area contributed by atoms with Gasteiger partial charge < -0.3 is 10.0 Å². The van der Waals surface area contributed by atoms with Gasteiger partial charge in [0.1, 0.15) is 0 Å². The van der Waals surface area contributed by atoms with Gasteiger partial charge in [0.25, 0.3) is 0 Å². The average Bonchev–Trinajstić information content (AvgIpc) is 2.17. The molecular weight excluding hydrogens is 162 g/mol. The number of hydrogen-bond donors (Lipinski definition) is 1. The minimum Gasteiger partial charge on any atom is -0.396 e. The van der Waals surface area contributed by atoms with Gasteiger partial charge in [-0.3, -0.25) is 0 Å². The molecule has 0 aliphatic heterocycles. The van der Waals surface area contributed by atoms with E-state index in [1.54, 1.807) is 0 Å². The largest absolute Gasteiger partial charge is 0.396 e. The molecule has 0 aliphatic rings. The van der Waals surface area contributed by atoms with Crippen LogP contribution in [0.1, 0.15) is 46.5 Å². The monoisotopic (exact) mass is 187 g/mol. The van der Waals surface area contributed by atoms with Crippen molar-refractivity contribution in [3.63, 3.8) is 0 Å². The molecule has 80 valence electrons. The van der Waals surface area contributed by atoms with Gasteiger partial charge in [0, 0.05) is 12.6 Å². The summed E-state index contributed by atoms with van der Waals surface area (Å²) in [4.78, 5) is 2.52. The molecule has 0 saturated heterocycles. The summed E-state index contributed by atoms with van der Waals surface area (Å²) in [6, 6.07) is 0.740. The summed E-state index contributed by atoms with van der Waals surface area (Å²) >= 11 is 0. The van der Waals surface area contributed by atoms with Crippen molar-refractivity contribution in [2.24, 2.45) is 0 Å². The van der Waals surface area contributed by atoms with E-state index in [1.807, 2.05) is 0 Å². The zero-order valence-corrected chi connectivity index (χ0v) is 9.42. The molecule has 0 aromatic carbocycles. The molecule has 0 heterocycles. The third kappa shape index (κ3) is 5.27. The van der Waals surface area contributed by atoms with Gasteiger partial charge in [-0.2, -0.15) is 0 Å². The molecule has 0 aromatic heterocycles. The predicted molar refractivity (Wildman–Crippen MR) is 57.9 cm³/mol. The lowest BCUT2D eigenvalue weighted by atomic mass is 10.1. The molecule has 2 heteroatoms. The maximum Gasteiger partial charge on any atom is 0.0431 e. The Hall–Kier alpha value is -0.0800. The van der Waals surface area contributed by atoms with E-state index < -0.39 is 0 Å². The van der Waals surface area contributed by atoms with Crippen molar-refractivity contribution in [3.05, 3.63) is 0 Å². The predicted octanol–water partition coefficient (Wildman–Crippen LogP) is 2.27. The molecule has 0 fully saturated rings. The first-order valence-electron chi connectivity index (χ1n) is 5.64.